The number of hydrogen-bond acceptors (Lipinski definition) is 5. The Morgan fingerprint density at radius 2 is 1.95 bits per heavy atom. The van der Waals surface area contributed by atoms with E-state index in [1.807, 2.05) is 25.1 Å². The van der Waals surface area contributed by atoms with E-state index in [1.54, 1.807) is 14.2 Å². The molecule has 2 atom stereocenters. The van der Waals surface area contributed by atoms with E-state index in [4.69, 9.17) is 20.1 Å². The second kappa shape index (κ2) is 6.92. The summed E-state index contributed by atoms with van der Waals surface area (Å²) in [6.07, 6.45) is 2.51. The molecule has 2 unspecified atom stereocenters. The summed E-state index contributed by atoms with van der Waals surface area (Å²) in [4.78, 5) is 0. The summed E-state index contributed by atoms with van der Waals surface area (Å²) < 4.78 is 16.5. The average molecular weight is 280 g/mol. The normalized spacial score (nSPS) is 17.6. The molecule has 112 valence electrons. The van der Waals surface area contributed by atoms with Crippen LogP contribution in [-0.4, -0.2) is 26.9 Å². The molecule has 5 heteroatoms. The highest BCUT2D eigenvalue weighted by molar-refractivity contribution is 5.44. The maximum absolute atomic E-state index is 5.89. The van der Waals surface area contributed by atoms with Crippen molar-refractivity contribution in [2.24, 2.45) is 11.8 Å². The Labute approximate surface area is 120 Å². The van der Waals surface area contributed by atoms with E-state index in [-0.39, 0.29) is 12.1 Å². The highest BCUT2D eigenvalue weighted by Gasteiger charge is 2.37. The lowest BCUT2D eigenvalue weighted by Gasteiger charge is -2.27. The standard InChI is InChI=1S/C15H24N2O3/c1-4-20-15(10-5-6-10)14(17-16)11-7-8-12(18-2)13(9-11)19-3/h7-10,14-15,17H,4-6,16H2,1-3H3. The molecule has 2 rings (SSSR count). The van der Waals surface area contributed by atoms with Crippen molar-refractivity contribution in [1.29, 1.82) is 0 Å². The highest BCUT2D eigenvalue weighted by atomic mass is 16.5. The lowest BCUT2D eigenvalue weighted by Crippen LogP contribution is -2.39. The van der Waals surface area contributed by atoms with Crippen LogP contribution in [0, 0.1) is 5.92 Å². The Kier molecular flexibility index (Phi) is 5.23. The molecule has 0 amide bonds. The molecule has 0 heterocycles. The SMILES string of the molecule is CCOC(C1CC1)C(NN)c1ccc(OC)c(OC)c1. The van der Waals surface area contributed by atoms with Crippen molar-refractivity contribution < 1.29 is 14.2 Å². The maximum Gasteiger partial charge on any atom is 0.161 e. The molecule has 0 saturated heterocycles. The summed E-state index contributed by atoms with van der Waals surface area (Å²) >= 11 is 0. The molecule has 1 aliphatic rings. The Morgan fingerprint density at radius 1 is 1.25 bits per heavy atom. The summed E-state index contributed by atoms with van der Waals surface area (Å²) in [5, 5.41) is 0. The second-order valence-electron chi connectivity index (χ2n) is 5.02. The van der Waals surface area contributed by atoms with Gasteiger partial charge >= 0.3 is 0 Å². The predicted octanol–water partition coefficient (Wildman–Crippen LogP) is 2.02. The number of nitrogens with one attached hydrogen (secondary N) is 1. The van der Waals surface area contributed by atoms with E-state index in [1.165, 1.54) is 12.8 Å². The molecule has 1 saturated carbocycles. The number of methoxy groups -OCH3 is 2. The molecule has 0 aromatic heterocycles. The van der Waals surface area contributed by atoms with E-state index < -0.39 is 0 Å². The molecule has 1 aromatic carbocycles. The Bertz CT molecular complexity index is 435. The van der Waals surface area contributed by atoms with Gasteiger partial charge < -0.3 is 14.2 Å². The van der Waals surface area contributed by atoms with Crippen LogP contribution in [0.5, 0.6) is 11.5 Å². The minimum atomic E-state index is -0.0396. The van der Waals surface area contributed by atoms with Crippen LogP contribution in [-0.2, 0) is 4.74 Å². The van der Waals surface area contributed by atoms with Gasteiger partial charge in [-0.2, -0.15) is 0 Å². The first-order chi connectivity index (χ1) is 9.74. The van der Waals surface area contributed by atoms with Gasteiger partial charge in [0.2, 0.25) is 0 Å². The third kappa shape index (κ3) is 3.23. The molecule has 20 heavy (non-hydrogen) atoms. The first kappa shape index (κ1) is 15.1. The molecule has 3 N–H and O–H groups in total. The number of hydrazine groups is 1. The fraction of sp³-hybridized carbons (Fsp3) is 0.600. The fourth-order valence-electron chi connectivity index (χ4n) is 2.55. The van der Waals surface area contributed by atoms with Crippen molar-refractivity contribution in [3.63, 3.8) is 0 Å². The topological polar surface area (TPSA) is 65.7 Å². The van der Waals surface area contributed by atoms with Gasteiger partial charge in [0.25, 0.3) is 0 Å². The van der Waals surface area contributed by atoms with E-state index >= 15 is 0 Å². The molecular formula is C15H24N2O3. The highest BCUT2D eigenvalue weighted by Crippen LogP contribution is 2.41. The van der Waals surface area contributed by atoms with E-state index in [0.717, 1.165) is 5.56 Å². The summed E-state index contributed by atoms with van der Waals surface area (Å²) in [7, 11) is 3.26. The summed E-state index contributed by atoms with van der Waals surface area (Å²) in [6.45, 7) is 2.70. The number of ether oxygens (including phenoxy) is 3. The van der Waals surface area contributed by atoms with E-state index in [9.17, 15) is 0 Å². The number of hydrogen-bond donors (Lipinski definition) is 2. The number of rotatable bonds is 8. The molecule has 0 aliphatic heterocycles. The van der Waals surface area contributed by atoms with Crippen LogP contribution in [0.15, 0.2) is 18.2 Å². The van der Waals surface area contributed by atoms with Crippen molar-refractivity contribution >= 4 is 0 Å². The molecule has 1 aliphatic carbocycles. The van der Waals surface area contributed by atoms with Crippen LogP contribution in [0.4, 0.5) is 0 Å². The molecule has 0 bridgehead atoms. The maximum atomic E-state index is 5.89. The molecule has 0 radical (unpaired) electrons. The van der Waals surface area contributed by atoms with Gasteiger partial charge in [-0.25, -0.2) is 0 Å². The third-order valence-electron chi connectivity index (χ3n) is 3.72. The van der Waals surface area contributed by atoms with Crippen molar-refractivity contribution in [2.45, 2.75) is 31.9 Å². The van der Waals surface area contributed by atoms with E-state index in [0.29, 0.717) is 24.0 Å². The molecule has 0 spiro atoms. The molecule has 5 nitrogen and oxygen atoms in total. The van der Waals surface area contributed by atoms with Crippen molar-refractivity contribution in [2.75, 3.05) is 20.8 Å². The van der Waals surface area contributed by atoms with Crippen LogP contribution in [0.1, 0.15) is 31.4 Å². The van der Waals surface area contributed by atoms with Gasteiger partial charge in [0.05, 0.1) is 26.4 Å². The zero-order valence-corrected chi connectivity index (χ0v) is 12.4. The van der Waals surface area contributed by atoms with Crippen LogP contribution in [0.3, 0.4) is 0 Å². The quantitative estimate of drug-likeness (QED) is 0.563. The first-order valence-corrected chi connectivity index (χ1v) is 7.04. The monoisotopic (exact) mass is 280 g/mol. The summed E-state index contributed by atoms with van der Waals surface area (Å²) in [5.41, 5.74) is 3.94. The minimum absolute atomic E-state index is 0.0396. The molecular weight excluding hydrogens is 256 g/mol. The largest absolute Gasteiger partial charge is 0.493 e. The Morgan fingerprint density at radius 3 is 2.45 bits per heavy atom. The average Bonchev–Trinajstić information content (AvgIpc) is 3.31. The zero-order valence-electron chi connectivity index (χ0n) is 12.4. The van der Waals surface area contributed by atoms with Gasteiger partial charge in [-0.3, -0.25) is 11.3 Å². The summed E-state index contributed by atoms with van der Waals surface area (Å²) in [6, 6.07) is 5.81. The fourth-order valence-corrected chi connectivity index (χ4v) is 2.55. The van der Waals surface area contributed by atoms with Crippen LogP contribution < -0.4 is 20.7 Å². The number of nitrogens with two attached hydrogens (primary N) is 1. The van der Waals surface area contributed by atoms with Crippen LogP contribution in [0.25, 0.3) is 0 Å². The van der Waals surface area contributed by atoms with Gasteiger partial charge in [-0.1, -0.05) is 6.07 Å². The van der Waals surface area contributed by atoms with Gasteiger partial charge in [0.1, 0.15) is 0 Å². The van der Waals surface area contributed by atoms with Gasteiger partial charge in [-0.05, 0) is 43.4 Å². The van der Waals surface area contributed by atoms with Crippen LogP contribution >= 0.6 is 0 Å². The first-order valence-electron chi connectivity index (χ1n) is 7.04. The van der Waals surface area contributed by atoms with Crippen molar-refractivity contribution in [3.05, 3.63) is 23.8 Å². The van der Waals surface area contributed by atoms with E-state index in [2.05, 4.69) is 5.43 Å². The van der Waals surface area contributed by atoms with Gasteiger partial charge in [0.15, 0.2) is 11.5 Å². The Hall–Kier alpha value is -1.30. The predicted molar refractivity (Wildman–Crippen MR) is 77.7 cm³/mol. The molecule has 1 fully saturated rings. The minimum Gasteiger partial charge on any atom is -0.493 e. The van der Waals surface area contributed by atoms with Crippen molar-refractivity contribution in [1.82, 2.24) is 5.43 Å². The second-order valence-corrected chi connectivity index (χ2v) is 5.02. The molecule has 1 aromatic rings. The Balaban J connectivity index is 2.25. The smallest absolute Gasteiger partial charge is 0.161 e. The lowest BCUT2D eigenvalue weighted by molar-refractivity contribution is 0.0185. The zero-order chi connectivity index (χ0) is 14.5. The van der Waals surface area contributed by atoms with Crippen molar-refractivity contribution in [3.8, 4) is 11.5 Å². The number of benzene rings is 1. The van der Waals surface area contributed by atoms with Crippen LogP contribution in [0.2, 0.25) is 0 Å². The summed E-state index contributed by atoms with van der Waals surface area (Å²) in [5.74, 6) is 7.77. The van der Waals surface area contributed by atoms with Gasteiger partial charge in [-0.15, -0.1) is 0 Å². The third-order valence-corrected chi connectivity index (χ3v) is 3.72. The van der Waals surface area contributed by atoms with Gasteiger partial charge in [0, 0.05) is 6.61 Å². The lowest BCUT2D eigenvalue weighted by atomic mass is 9.98.